The molecule has 1 fully saturated rings. The van der Waals surface area contributed by atoms with Crippen LogP contribution in [0, 0.1) is 13.8 Å². The summed E-state index contributed by atoms with van der Waals surface area (Å²) in [6.45, 7) is 4.14. The van der Waals surface area contributed by atoms with Gasteiger partial charge in [-0.2, -0.15) is 0 Å². The molecule has 6 nitrogen and oxygen atoms in total. The van der Waals surface area contributed by atoms with Crippen LogP contribution in [-0.4, -0.2) is 23.2 Å². The van der Waals surface area contributed by atoms with Crippen LogP contribution >= 0.6 is 12.2 Å². The van der Waals surface area contributed by atoms with E-state index in [0.29, 0.717) is 27.8 Å². The van der Waals surface area contributed by atoms with Gasteiger partial charge in [-0.05, 0) is 79.7 Å². The lowest BCUT2D eigenvalue weighted by molar-refractivity contribution is 0.0601. The Morgan fingerprint density at radius 3 is 2.49 bits per heavy atom. The number of carbonyl (C=O) groups is 1. The number of carbonyl (C=O) groups excluding carboxylic acids is 1. The minimum atomic E-state index is -0.412. The highest BCUT2D eigenvalue weighted by atomic mass is 32.1. The molecule has 7 heteroatoms. The highest BCUT2D eigenvalue weighted by Crippen LogP contribution is 2.43. The number of nitrogens with one attached hydrogen (secondary N) is 1. The Bertz CT molecular complexity index is 1380. The Balaban J connectivity index is 1.63. The van der Waals surface area contributed by atoms with E-state index in [4.69, 9.17) is 21.4 Å². The number of aryl methyl sites for hydroxylation is 2. The molecule has 2 aromatic heterocycles. The van der Waals surface area contributed by atoms with Crippen molar-refractivity contribution in [3.63, 3.8) is 0 Å². The zero-order valence-electron chi connectivity index (χ0n) is 19.7. The predicted molar refractivity (Wildman–Crippen MR) is 139 cm³/mol. The summed E-state index contributed by atoms with van der Waals surface area (Å²) in [6, 6.07) is 22.8. The topological polar surface area (TPSA) is 67.6 Å². The first-order valence-electron chi connectivity index (χ1n) is 11.3. The molecule has 2 atom stereocenters. The van der Waals surface area contributed by atoms with Gasteiger partial charge < -0.3 is 19.4 Å². The Kier molecular flexibility index (Phi) is 6.09. The number of aromatic nitrogens is 1. The van der Waals surface area contributed by atoms with Crippen LogP contribution < -0.4 is 10.2 Å². The van der Waals surface area contributed by atoms with Crippen molar-refractivity contribution in [1.29, 1.82) is 0 Å². The zero-order valence-corrected chi connectivity index (χ0v) is 20.5. The van der Waals surface area contributed by atoms with E-state index in [-0.39, 0.29) is 12.1 Å². The van der Waals surface area contributed by atoms with Crippen LogP contribution in [0.25, 0.3) is 11.3 Å². The van der Waals surface area contributed by atoms with E-state index in [1.54, 1.807) is 18.3 Å². The summed E-state index contributed by atoms with van der Waals surface area (Å²) in [5.74, 6) is 0.881. The number of pyridine rings is 1. The van der Waals surface area contributed by atoms with Gasteiger partial charge in [0.2, 0.25) is 0 Å². The number of esters is 1. The molecular formula is C28H25N3O3S. The largest absolute Gasteiger partial charge is 0.465 e. The van der Waals surface area contributed by atoms with Gasteiger partial charge in [0.1, 0.15) is 17.6 Å². The summed E-state index contributed by atoms with van der Waals surface area (Å²) < 4.78 is 11.4. The van der Waals surface area contributed by atoms with Crippen molar-refractivity contribution in [3.05, 3.63) is 107 Å². The molecular weight excluding hydrogens is 458 g/mol. The molecule has 1 N–H and O–H groups in total. The quantitative estimate of drug-likeness (QED) is 0.279. The maximum Gasteiger partial charge on any atom is 0.338 e. The van der Waals surface area contributed by atoms with Gasteiger partial charge in [-0.25, -0.2) is 4.79 Å². The molecule has 0 spiro atoms. The summed E-state index contributed by atoms with van der Waals surface area (Å²) in [6.07, 6.45) is 1.77. The van der Waals surface area contributed by atoms with Gasteiger partial charge >= 0.3 is 5.97 Å². The number of ether oxygens (including phenoxy) is 1. The van der Waals surface area contributed by atoms with Gasteiger partial charge in [0, 0.05) is 17.4 Å². The Morgan fingerprint density at radius 2 is 1.77 bits per heavy atom. The van der Waals surface area contributed by atoms with Crippen molar-refractivity contribution < 1.29 is 13.9 Å². The molecule has 0 unspecified atom stereocenters. The van der Waals surface area contributed by atoms with Crippen molar-refractivity contribution in [2.24, 2.45) is 0 Å². The van der Waals surface area contributed by atoms with Gasteiger partial charge in [0.25, 0.3) is 0 Å². The van der Waals surface area contributed by atoms with E-state index in [9.17, 15) is 4.79 Å². The lowest BCUT2D eigenvalue weighted by atomic mass is 10.0. The van der Waals surface area contributed by atoms with Gasteiger partial charge in [0.15, 0.2) is 5.11 Å². The average Bonchev–Trinajstić information content (AvgIpc) is 3.48. The van der Waals surface area contributed by atoms with Crippen LogP contribution in [0.1, 0.15) is 45.0 Å². The molecule has 4 aromatic rings. The number of methoxy groups -OCH3 is 1. The molecule has 5 rings (SSSR count). The third-order valence-electron chi connectivity index (χ3n) is 6.10. The molecule has 0 aliphatic carbocycles. The van der Waals surface area contributed by atoms with E-state index in [1.807, 2.05) is 42.5 Å². The van der Waals surface area contributed by atoms with E-state index in [0.717, 1.165) is 22.5 Å². The number of anilines is 1. The predicted octanol–water partition coefficient (Wildman–Crippen LogP) is 5.92. The van der Waals surface area contributed by atoms with E-state index in [2.05, 4.69) is 47.2 Å². The molecule has 1 aliphatic heterocycles. The van der Waals surface area contributed by atoms with E-state index in [1.165, 1.54) is 7.11 Å². The van der Waals surface area contributed by atoms with Crippen molar-refractivity contribution >= 4 is 29.0 Å². The third-order valence-corrected chi connectivity index (χ3v) is 6.41. The maximum atomic E-state index is 12.3. The lowest BCUT2D eigenvalue weighted by Gasteiger charge is -2.26. The summed E-state index contributed by atoms with van der Waals surface area (Å²) in [7, 11) is 1.37. The fourth-order valence-electron chi connectivity index (χ4n) is 4.65. The Labute approximate surface area is 209 Å². The van der Waals surface area contributed by atoms with Gasteiger partial charge in [-0.3, -0.25) is 4.98 Å². The number of rotatable bonds is 5. The van der Waals surface area contributed by atoms with Gasteiger partial charge in [-0.15, -0.1) is 0 Å². The monoisotopic (exact) mass is 483 g/mol. The first-order chi connectivity index (χ1) is 17.0. The summed E-state index contributed by atoms with van der Waals surface area (Å²) in [4.78, 5) is 19.0. The van der Waals surface area contributed by atoms with Crippen molar-refractivity contribution in [2.75, 3.05) is 12.0 Å². The van der Waals surface area contributed by atoms with E-state index >= 15 is 0 Å². The van der Waals surface area contributed by atoms with Crippen LogP contribution in [-0.2, 0) is 4.74 Å². The second-order valence-electron chi connectivity index (χ2n) is 8.58. The number of nitrogens with zero attached hydrogens (tertiary/aromatic N) is 2. The van der Waals surface area contributed by atoms with Gasteiger partial charge in [-0.1, -0.05) is 30.3 Å². The van der Waals surface area contributed by atoms with Crippen LogP contribution in [0.4, 0.5) is 5.69 Å². The first-order valence-corrected chi connectivity index (χ1v) is 11.7. The van der Waals surface area contributed by atoms with Crippen LogP contribution in [0.15, 0.2) is 83.4 Å². The van der Waals surface area contributed by atoms with Crippen molar-refractivity contribution in [1.82, 2.24) is 10.3 Å². The summed E-state index contributed by atoms with van der Waals surface area (Å²) in [5, 5.41) is 4.06. The standard InChI is InChI=1S/C28H25N3O3S/c1-17-14-18(2)16-19(15-17)31-26(25(30-28(31)35)22-10-6-7-13-29-22)24-12-11-23(34-24)20-8-4-5-9-21(20)27(32)33-3/h4-16,25-26H,1-3H3,(H,30,35)/t25-,26-/m0/s1. The Morgan fingerprint density at radius 1 is 1.03 bits per heavy atom. The number of hydrogen-bond acceptors (Lipinski definition) is 5. The second kappa shape index (κ2) is 9.35. The highest BCUT2D eigenvalue weighted by molar-refractivity contribution is 7.80. The molecule has 1 saturated heterocycles. The van der Waals surface area contributed by atoms with Gasteiger partial charge in [0.05, 0.1) is 24.4 Å². The fraction of sp³-hybridized carbons (Fsp3) is 0.179. The number of furan rings is 1. The summed E-state index contributed by atoms with van der Waals surface area (Å²) in [5.41, 5.74) is 5.26. The molecule has 3 heterocycles. The molecule has 1 aliphatic rings. The van der Waals surface area contributed by atoms with Crippen LogP contribution in [0.3, 0.4) is 0 Å². The fourth-order valence-corrected chi connectivity index (χ4v) is 5.00. The van der Waals surface area contributed by atoms with Crippen LogP contribution in [0.2, 0.25) is 0 Å². The number of hydrogen-bond donors (Lipinski definition) is 1. The molecule has 0 radical (unpaired) electrons. The normalized spacial score (nSPS) is 17.3. The number of benzene rings is 2. The Hall–Kier alpha value is -3.97. The molecule has 176 valence electrons. The maximum absolute atomic E-state index is 12.3. The zero-order chi connectivity index (χ0) is 24.5. The minimum absolute atomic E-state index is 0.223. The van der Waals surface area contributed by atoms with Crippen molar-refractivity contribution in [2.45, 2.75) is 25.9 Å². The first kappa shape index (κ1) is 22.8. The third kappa shape index (κ3) is 4.31. The molecule has 0 bridgehead atoms. The molecule has 35 heavy (non-hydrogen) atoms. The number of thiocarbonyl (C=S) groups is 1. The minimum Gasteiger partial charge on any atom is -0.465 e. The molecule has 0 amide bonds. The van der Waals surface area contributed by atoms with Crippen LogP contribution in [0.5, 0.6) is 0 Å². The second-order valence-corrected chi connectivity index (χ2v) is 8.97. The SMILES string of the molecule is COC(=O)c1ccccc1-c1ccc([C@H]2[C@H](c3ccccn3)NC(=S)N2c2cc(C)cc(C)c2)o1. The smallest absolute Gasteiger partial charge is 0.338 e. The molecule has 2 aromatic carbocycles. The molecule has 0 saturated carbocycles. The lowest BCUT2D eigenvalue weighted by Crippen LogP contribution is -2.29. The van der Waals surface area contributed by atoms with E-state index < -0.39 is 5.97 Å². The van der Waals surface area contributed by atoms with Crippen molar-refractivity contribution in [3.8, 4) is 11.3 Å². The summed E-state index contributed by atoms with van der Waals surface area (Å²) >= 11 is 5.82. The highest BCUT2D eigenvalue weighted by Gasteiger charge is 2.42. The average molecular weight is 484 g/mol.